The molecule has 7 nitrogen and oxygen atoms in total. The van der Waals surface area contributed by atoms with Gasteiger partial charge in [0.05, 0.1) is 24.2 Å². The standard InChI is InChI=1S/C22H21Br2N3O4/c1-5-12(2)21-26-18-7-6-15(23)9-16(18)22(29)27(21)25-11-14-8-19(30-4)20(10-17(14)24)31-13(3)28/h6-12H,5H2,1-4H3/t12-/m1/s1. The van der Waals surface area contributed by atoms with Crippen molar-refractivity contribution in [1.29, 1.82) is 0 Å². The molecule has 0 radical (unpaired) electrons. The predicted octanol–water partition coefficient (Wildman–Crippen LogP) is 5.25. The molecule has 31 heavy (non-hydrogen) atoms. The molecule has 1 atom stereocenters. The molecule has 0 saturated heterocycles. The number of carbonyl (C=O) groups excluding carboxylic acids is 1. The molecule has 0 aliphatic rings. The largest absolute Gasteiger partial charge is 0.493 e. The van der Waals surface area contributed by atoms with Gasteiger partial charge in [-0.05, 0) is 52.7 Å². The van der Waals surface area contributed by atoms with Crippen molar-refractivity contribution in [1.82, 2.24) is 9.66 Å². The molecule has 0 bridgehead atoms. The average molecular weight is 551 g/mol. The molecule has 0 spiro atoms. The summed E-state index contributed by atoms with van der Waals surface area (Å²) in [5.41, 5.74) is 1.02. The summed E-state index contributed by atoms with van der Waals surface area (Å²) in [6, 6.07) is 8.71. The monoisotopic (exact) mass is 549 g/mol. The van der Waals surface area contributed by atoms with Gasteiger partial charge in [-0.1, -0.05) is 29.8 Å². The highest BCUT2D eigenvalue weighted by Gasteiger charge is 2.16. The fraction of sp³-hybridized carbons (Fsp3) is 0.273. The minimum atomic E-state index is -0.454. The Morgan fingerprint density at radius 2 is 2.00 bits per heavy atom. The summed E-state index contributed by atoms with van der Waals surface area (Å²) in [6.45, 7) is 5.35. The number of hydrogen-bond acceptors (Lipinski definition) is 6. The number of rotatable bonds is 6. The Morgan fingerprint density at radius 3 is 2.65 bits per heavy atom. The van der Waals surface area contributed by atoms with Gasteiger partial charge in [0, 0.05) is 27.4 Å². The molecule has 3 rings (SSSR count). The number of nitrogens with zero attached hydrogens (tertiary/aromatic N) is 3. The molecule has 0 amide bonds. The molecule has 0 aliphatic carbocycles. The Hall–Kier alpha value is -2.52. The lowest BCUT2D eigenvalue weighted by atomic mass is 10.1. The maximum atomic E-state index is 13.2. The molecule has 162 valence electrons. The number of aromatic nitrogens is 2. The van der Waals surface area contributed by atoms with Gasteiger partial charge < -0.3 is 9.47 Å². The lowest BCUT2D eigenvalue weighted by Gasteiger charge is -2.14. The average Bonchev–Trinajstić information content (AvgIpc) is 2.73. The molecule has 2 aromatic carbocycles. The zero-order chi connectivity index (χ0) is 22.7. The van der Waals surface area contributed by atoms with Crippen LogP contribution in [-0.4, -0.2) is 29.0 Å². The van der Waals surface area contributed by atoms with Crippen molar-refractivity contribution in [3.63, 3.8) is 0 Å². The van der Waals surface area contributed by atoms with E-state index in [2.05, 4.69) is 37.0 Å². The molecule has 0 unspecified atom stereocenters. The predicted molar refractivity (Wildman–Crippen MR) is 127 cm³/mol. The lowest BCUT2D eigenvalue weighted by Crippen LogP contribution is -2.23. The van der Waals surface area contributed by atoms with Crippen LogP contribution in [-0.2, 0) is 4.79 Å². The number of esters is 1. The Kier molecular flexibility index (Phi) is 7.27. The zero-order valence-electron chi connectivity index (χ0n) is 17.5. The number of methoxy groups -OCH3 is 1. The maximum Gasteiger partial charge on any atom is 0.308 e. The van der Waals surface area contributed by atoms with Gasteiger partial charge in [-0.3, -0.25) is 9.59 Å². The molecule has 3 aromatic rings. The Morgan fingerprint density at radius 1 is 1.26 bits per heavy atom. The quantitative estimate of drug-likeness (QED) is 0.238. The van der Waals surface area contributed by atoms with Crippen molar-refractivity contribution >= 4 is 54.9 Å². The Balaban J connectivity index is 2.15. The lowest BCUT2D eigenvalue weighted by molar-refractivity contribution is -0.132. The third-order valence-electron chi connectivity index (χ3n) is 4.74. The number of halogens is 2. The molecule has 0 aliphatic heterocycles. The first-order valence-electron chi connectivity index (χ1n) is 9.57. The van der Waals surface area contributed by atoms with Crippen molar-refractivity contribution < 1.29 is 14.3 Å². The Bertz CT molecular complexity index is 1240. The second-order valence-electron chi connectivity index (χ2n) is 6.92. The van der Waals surface area contributed by atoms with Gasteiger partial charge in [0.25, 0.3) is 5.56 Å². The van der Waals surface area contributed by atoms with Gasteiger partial charge in [0.15, 0.2) is 11.5 Å². The van der Waals surface area contributed by atoms with Crippen LogP contribution < -0.4 is 15.0 Å². The number of fused-ring (bicyclic) bond motifs is 1. The van der Waals surface area contributed by atoms with Crippen LogP contribution in [0.2, 0.25) is 0 Å². The van der Waals surface area contributed by atoms with Crippen LogP contribution >= 0.6 is 31.9 Å². The molecule has 1 aromatic heterocycles. The van der Waals surface area contributed by atoms with Crippen molar-refractivity contribution in [3.05, 3.63) is 61.0 Å². The molecular weight excluding hydrogens is 530 g/mol. The third-order valence-corrected chi connectivity index (χ3v) is 5.92. The summed E-state index contributed by atoms with van der Waals surface area (Å²) >= 11 is 6.86. The third kappa shape index (κ3) is 5.04. The van der Waals surface area contributed by atoms with Crippen LogP contribution in [0.5, 0.6) is 11.5 Å². The summed E-state index contributed by atoms with van der Waals surface area (Å²) < 4.78 is 13.2. The minimum absolute atomic E-state index is 0.0298. The van der Waals surface area contributed by atoms with Crippen LogP contribution in [0, 0.1) is 0 Å². The fourth-order valence-electron chi connectivity index (χ4n) is 2.94. The first-order chi connectivity index (χ1) is 14.7. The van der Waals surface area contributed by atoms with Gasteiger partial charge in [0.2, 0.25) is 0 Å². The summed E-state index contributed by atoms with van der Waals surface area (Å²) in [7, 11) is 1.48. The fourth-order valence-corrected chi connectivity index (χ4v) is 3.73. The molecule has 0 N–H and O–H groups in total. The first-order valence-corrected chi connectivity index (χ1v) is 11.2. The van der Waals surface area contributed by atoms with Crippen molar-refractivity contribution in [2.45, 2.75) is 33.1 Å². The van der Waals surface area contributed by atoms with Crippen molar-refractivity contribution in [3.8, 4) is 11.5 Å². The van der Waals surface area contributed by atoms with Gasteiger partial charge in [0.1, 0.15) is 5.82 Å². The summed E-state index contributed by atoms with van der Waals surface area (Å²) in [5.74, 6) is 0.814. The smallest absolute Gasteiger partial charge is 0.308 e. The van der Waals surface area contributed by atoms with Gasteiger partial charge >= 0.3 is 5.97 Å². The van der Waals surface area contributed by atoms with Crippen LogP contribution in [0.4, 0.5) is 0 Å². The summed E-state index contributed by atoms with van der Waals surface area (Å²) in [4.78, 5) is 29.2. The van der Waals surface area contributed by atoms with Gasteiger partial charge in [-0.15, -0.1) is 0 Å². The minimum Gasteiger partial charge on any atom is -0.493 e. The van der Waals surface area contributed by atoms with E-state index in [1.54, 1.807) is 24.4 Å². The van der Waals surface area contributed by atoms with E-state index in [-0.39, 0.29) is 17.2 Å². The van der Waals surface area contributed by atoms with Crippen molar-refractivity contribution in [2.24, 2.45) is 5.10 Å². The van der Waals surface area contributed by atoms with Crippen LogP contribution in [0.3, 0.4) is 0 Å². The highest BCUT2D eigenvalue weighted by molar-refractivity contribution is 9.10. The molecule has 1 heterocycles. The summed E-state index contributed by atoms with van der Waals surface area (Å²) in [5, 5.41) is 4.93. The maximum absolute atomic E-state index is 13.2. The van der Waals surface area contributed by atoms with Crippen molar-refractivity contribution in [2.75, 3.05) is 7.11 Å². The second-order valence-corrected chi connectivity index (χ2v) is 8.69. The van der Waals surface area contributed by atoms with E-state index in [1.807, 2.05) is 26.0 Å². The van der Waals surface area contributed by atoms with Crippen LogP contribution in [0.25, 0.3) is 10.9 Å². The number of hydrogen-bond donors (Lipinski definition) is 0. The zero-order valence-corrected chi connectivity index (χ0v) is 20.7. The molecular formula is C22H21Br2N3O4. The number of ether oxygens (including phenoxy) is 2. The van der Waals surface area contributed by atoms with E-state index >= 15 is 0 Å². The van der Waals surface area contributed by atoms with E-state index in [1.165, 1.54) is 18.7 Å². The molecule has 9 heteroatoms. The van der Waals surface area contributed by atoms with Crippen LogP contribution in [0.1, 0.15) is 44.5 Å². The highest BCUT2D eigenvalue weighted by Crippen LogP contribution is 2.33. The molecule has 0 saturated carbocycles. The van der Waals surface area contributed by atoms with Gasteiger partial charge in [-0.25, -0.2) is 4.98 Å². The van der Waals surface area contributed by atoms with Gasteiger partial charge in [-0.2, -0.15) is 9.78 Å². The van der Waals surface area contributed by atoms with Crippen LogP contribution in [0.15, 0.2) is 49.2 Å². The first kappa shape index (κ1) is 23.1. The topological polar surface area (TPSA) is 82.8 Å². The number of carbonyl (C=O) groups is 1. The Labute approximate surface area is 196 Å². The second kappa shape index (κ2) is 9.74. The summed E-state index contributed by atoms with van der Waals surface area (Å²) in [6.07, 6.45) is 2.35. The van der Waals surface area contributed by atoms with E-state index < -0.39 is 5.97 Å². The van der Waals surface area contributed by atoms with E-state index in [0.717, 1.165) is 10.9 Å². The highest BCUT2D eigenvalue weighted by atomic mass is 79.9. The van der Waals surface area contributed by atoms with E-state index in [4.69, 9.17) is 14.5 Å². The van der Waals surface area contributed by atoms with E-state index in [0.29, 0.717) is 32.5 Å². The molecule has 0 fully saturated rings. The normalized spacial score (nSPS) is 12.3. The number of benzene rings is 2. The SMILES string of the molecule is CC[C@@H](C)c1nc2ccc(Br)cc2c(=O)n1N=Cc1cc(OC)c(OC(C)=O)cc1Br. The van der Waals surface area contributed by atoms with E-state index in [9.17, 15) is 9.59 Å².